The summed E-state index contributed by atoms with van der Waals surface area (Å²) < 4.78 is 26.5. The zero-order chi connectivity index (χ0) is 18.3. The number of carbonyl (C=O) groups excluding carboxylic acids is 1. The van der Waals surface area contributed by atoms with E-state index in [2.05, 4.69) is 9.97 Å². The SMILES string of the molecule is Cc1nc(S[C@@H](C)C(=O)c2ccc(F)c(F)c2)c2c(C)c(C)sc2n1. The number of carbonyl (C=O) groups is 1. The lowest BCUT2D eigenvalue weighted by atomic mass is 10.1. The maximum atomic E-state index is 13.4. The van der Waals surface area contributed by atoms with E-state index in [4.69, 9.17) is 0 Å². The van der Waals surface area contributed by atoms with E-state index in [0.717, 1.165) is 37.8 Å². The molecule has 0 aliphatic rings. The quantitative estimate of drug-likeness (QED) is 0.353. The van der Waals surface area contributed by atoms with Crippen molar-refractivity contribution in [1.29, 1.82) is 0 Å². The van der Waals surface area contributed by atoms with E-state index in [1.807, 2.05) is 20.8 Å². The Balaban J connectivity index is 1.95. The van der Waals surface area contributed by atoms with Crippen LogP contribution in [0.1, 0.15) is 33.5 Å². The molecule has 0 aliphatic heterocycles. The average Bonchev–Trinajstić information content (AvgIpc) is 2.83. The van der Waals surface area contributed by atoms with Crippen molar-refractivity contribution < 1.29 is 13.6 Å². The molecule has 0 spiro atoms. The summed E-state index contributed by atoms with van der Waals surface area (Å²) in [5.74, 6) is -1.61. The first kappa shape index (κ1) is 17.9. The number of Topliss-reactive ketones (excluding diaryl/α,β-unsaturated/α-hetero) is 1. The Hall–Kier alpha value is -1.86. The normalized spacial score (nSPS) is 12.6. The first-order valence-corrected chi connectivity index (χ1v) is 9.37. The summed E-state index contributed by atoms with van der Waals surface area (Å²) >= 11 is 2.92. The van der Waals surface area contributed by atoms with Crippen molar-refractivity contribution in [2.45, 2.75) is 38.0 Å². The Morgan fingerprint density at radius 2 is 1.88 bits per heavy atom. The number of hydrogen-bond acceptors (Lipinski definition) is 5. The molecule has 1 atom stereocenters. The lowest BCUT2D eigenvalue weighted by Crippen LogP contribution is -2.14. The Kier molecular flexibility index (Phi) is 4.88. The van der Waals surface area contributed by atoms with Crippen LogP contribution in [0, 0.1) is 32.4 Å². The molecule has 3 rings (SSSR count). The third kappa shape index (κ3) is 3.43. The Morgan fingerprint density at radius 1 is 1.16 bits per heavy atom. The number of benzene rings is 1. The second kappa shape index (κ2) is 6.80. The molecule has 25 heavy (non-hydrogen) atoms. The minimum Gasteiger partial charge on any atom is -0.293 e. The van der Waals surface area contributed by atoms with Crippen LogP contribution in [-0.2, 0) is 0 Å². The Morgan fingerprint density at radius 3 is 2.56 bits per heavy atom. The highest BCUT2D eigenvalue weighted by atomic mass is 32.2. The zero-order valence-corrected chi connectivity index (χ0v) is 15.8. The van der Waals surface area contributed by atoms with Gasteiger partial charge in [-0.3, -0.25) is 4.79 Å². The second-order valence-electron chi connectivity index (χ2n) is 5.79. The van der Waals surface area contributed by atoms with Crippen LogP contribution in [0.2, 0.25) is 0 Å². The Labute approximate surface area is 152 Å². The van der Waals surface area contributed by atoms with Gasteiger partial charge in [-0.25, -0.2) is 18.7 Å². The summed E-state index contributed by atoms with van der Waals surface area (Å²) in [5.41, 5.74) is 1.26. The van der Waals surface area contributed by atoms with Crippen molar-refractivity contribution in [2.24, 2.45) is 0 Å². The lowest BCUT2D eigenvalue weighted by molar-refractivity contribution is 0.0993. The van der Waals surface area contributed by atoms with E-state index in [9.17, 15) is 13.6 Å². The van der Waals surface area contributed by atoms with Gasteiger partial charge in [-0.1, -0.05) is 11.8 Å². The highest BCUT2D eigenvalue weighted by Crippen LogP contribution is 2.37. The monoisotopic (exact) mass is 378 g/mol. The van der Waals surface area contributed by atoms with Gasteiger partial charge in [0.15, 0.2) is 17.4 Å². The molecule has 1 aromatic carbocycles. The van der Waals surface area contributed by atoms with Crippen LogP contribution in [-0.4, -0.2) is 21.0 Å². The number of hydrogen-bond donors (Lipinski definition) is 0. The van der Waals surface area contributed by atoms with Gasteiger partial charge >= 0.3 is 0 Å². The smallest absolute Gasteiger partial charge is 0.176 e. The summed E-state index contributed by atoms with van der Waals surface area (Å²) in [6, 6.07) is 3.22. The van der Waals surface area contributed by atoms with E-state index in [0.29, 0.717) is 5.82 Å². The summed E-state index contributed by atoms with van der Waals surface area (Å²) in [5, 5.41) is 1.22. The number of ketones is 1. The van der Waals surface area contributed by atoms with Gasteiger partial charge < -0.3 is 0 Å². The number of aromatic nitrogens is 2. The molecule has 0 saturated carbocycles. The van der Waals surface area contributed by atoms with Crippen molar-refractivity contribution in [3.05, 3.63) is 51.7 Å². The van der Waals surface area contributed by atoms with Crippen molar-refractivity contribution in [3.8, 4) is 0 Å². The number of thiophene rings is 1. The zero-order valence-electron chi connectivity index (χ0n) is 14.2. The second-order valence-corrected chi connectivity index (χ2v) is 8.33. The fourth-order valence-corrected chi connectivity index (χ4v) is 4.77. The van der Waals surface area contributed by atoms with Crippen LogP contribution in [0.4, 0.5) is 8.78 Å². The van der Waals surface area contributed by atoms with E-state index in [-0.39, 0.29) is 11.3 Å². The third-order valence-corrected chi connectivity index (χ3v) is 6.16. The van der Waals surface area contributed by atoms with Gasteiger partial charge in [0.05, 0.1) is 5.25 Å². The molecular weight excluding hydrogens is 362 g/mol. The molecule has 0 saturated heterocycles. The first-order chi connectivity index (χ1) is 11.8. The average molecular weight is 378 g/mol. The summed E-state index contributed by atoms with van der Waals surface area (Å²) in [6.45, 7) is 7.60. The predicted octanol–water partition coefficient (Wildman–Crippen LogP) is 5.26. The number of rotatable bonds is 4. The van der Waals surface area contributed by atoms with Crippen molar-refractivity contribution in [2.75, 3.05) is 0 Å². The van der Waals surface area contributed by atoms with Crippen LogP contribution in [0.3, 0.4) is 0 Å². The summed E-state index contributed by atoms with van der Waals surface area (Å²) in [4.78, 5) is 23.6. The van der Waals surface area contributed by atoms with Crippen LogP contribution >= 0.6 is 23.1 Å². The van der Waals surface area contributed by atoms with Gasteiger partial charge in [-0.15, -0.1) is 11.3 Å². The fourth-order valence-electron chi connectivity index (χ4n) is 2.50. The van der Waals surface area contributed by atoms with E-state index >= 15 is 0 Å². The molecule has 3 nitrogen and oxygen atoms in total. The molecule has 0 aliphatic carbocycles. The Bertz CT molecular complexity index is 985. The van der Waals surface area contributed by atoms with Crippen LogP contribution < -0.4 is 0 Å². The van der Waals surface area contributed by atoms with Gasteiger partial charge in [0, 0.05) is 15.8 Å². The van der Waals surface area contributed by atoms with Gasteiger partial charge in [0.1, 0.15) is 15.7 Å². The highest BCUT2D eigenvalue weighted by molar-refractivity contribution is 8.00. The maximum Gasteiger partial charge on any atom is 0.176 e. The molecule has 7 heteroatoms. The fraction of sp³-hybridized carbons (Fsp3) is 0.278. The number of halogens is 2. The largest absolute Gasteiger partial charge is 0.293 e. The standard InChI is InChI=1S/C18H16F2N2OS2/c1-8-9(2)24-17-15(8)18(22-11(4)21-17)25-10(3)16(23)12-5-6-13(19)14(20)7-12/h5-7,10H,1-4H3/t10-/m0/s1. The van der Waals surface area contributed by atoms with Crippen LogP contribution in [0.15, 0.2) is 23.2 Å². The molecule has 0 amide bonds. The number of thioether (sulfide) groups is 1. The van der Waals surface area contributed by atoms with Crippen LogP contribution in [0.5, 0.6) is 0 Å². The molecule has 0 unspecified atom stereocenters. The maximum absolute atomic E-state index is 13.4. The first-order valence-electron chi connectivity index (χ1n) is 7.68. The van der Waals surface area contributed by atoms with Crippen molar-refractivity contribution >= 4 is 39.1 Å². The van der Waals surface area contributed by atoms with Crippen LogP contribution in [0.25, 0.3) is 10.2 Å². The minimum absolute atomic E-state index is 0.152. The van der Waals surface area contributed by atoms with Gasteiger partial charge in [-0.2, -0.15) is 0 Å². The van der Waals surface area contributed by atoms with Crippen molar-refractivity contribution in [1.82, 2.24) is 9.97 Å². The summed E-state index contributed by atoms with van der Waals surface area (Å²) in [6.07, 6.45) is 0. The highest BCUT2D eigenvalue weighted by Gasteiger charge is 2.22. The molecule has 0 radical (unpaired) electrons. The molecule has 0 bridgehead atoms. The molecule has 0 N–H and O–H groups in total. The molecular formula is C18H16F2N2OS2. The molecule has 130 valence electrons. The van der Waals surface area contributed by atoms with Gasteiger partial charge in [0.25, 0.3) is 0 Å². The number of aryl methyl sites for hydroxylation is 3. The molecule has 3 aromatic rings. The lowest BCUT2D eigenvalue weighted by Gasteiger charge is -2.11. The number of fused-ring (bicyclic) bond motifs is 1. The summed E-state index contributed by atoms with van der Waals surface area (Å²) in [7, 11) is 0. The van der Waals surface area contributed by atoms with Crippen molar-refractivity contribution in [3.63, 3.8) is 0 Å². The minimum atomic E-state index is -1.02. The van der Waals surface area contributed by atoms with E-state index in [1.54, 1.807) is 18.3 Å². The van der Waals surface area contributed by atoms with E-state index < -0.39 is 16.9 Å². The van der Waals surface area contributed by atoms with Gasteiger partial charge in [0.2, 0.25) is 0 Å². The molecule has 0 fully saturated rings. The van der Waals surface area contributed by atoms with E-state index in [1.165, 1.54) is 17.8 Å². The topological polar surface area (TPSA) is 42.9 Å². The molecule has 2 aromatic heterocycles. The number of nitrogens with zero attached hydrogens (tertiary/aromatic N) is 2. The third-order valence-electron chi connectivity index (χ3n) is 3.97. The predicted molar refractivity (Wildman–Crippen MR) is 97.6 cm³/mol. The van der Waals surface area contributed by atoms with Gasteiger partial charge in [-0.05, 0) is 51.5 Å². The molecule has 2 heterocycles.